The number of carbonyl (C=O) groups is 1. The van der Waals surface area contributed by atoms with Gasteiger partial charge in [0.2, 0.25) is 0 Å². The Hall–Kier alpha value is -2.31. The SMILES string of the molecule is O=C1NN=[C]CC1c1nc2cnncc2[nH]1. The smallest absolute Gasteiger partial charge is 0.251 e. The van der Waals surface area contributed by atoms with Crippen molar-refractivity contribution in [3.63, 3.8) is 0 Å². The average molecular weight is 215 g/mol. The Labute approximate surface area is 90.0 Å². The third-order valence-corrected chi connectivity index (χ3v) is 2.40. The Morgan fingerprint density at radius 1 is 1.38 bits per heavy atom. The molecule has 1 aliphatic rings. The zero-order valence-electron chi connectivity index (χ0n) is 8.14. The van der Waals surface area contributed by atoms with E-state index in [1.807, 2.05) is 0 Å². The van der Waals surface area contributed by atoms with Gasteiger partial charge in [-0.1, -0.05) is 0 Å². The monoisotopic (exact) mass is 215 g/mol. The van der Waals surface area contributed by atoms with E-state index < -0.39 is 0 Å². The predicted octanol–water partition coefficient (Wildman–Crippen LogP) is -0.181. The third-order valence-electron chi connectivity index (χ3n) is 2.40. The number of hydrogen-bond acceptors (Lipinski definition) is 5. The highest BCUT2D eigenvalue weighted by Gasteiger charge is 2.25. The summed E-state index contributed by atoms with van der Waals surface area (Å²) in [4.78, 5) is 18.9. The quantitative estimate of drug-likeness (QED) is 0.689. The lowest BCUT2D eigenvalue weighted by molar-refractivity contribution is -0.122. The molecule has 16 heavy (non-hydrogen) atoms. The molecule has 0 fully saturated rings. The van der Waals surface area contributed by atoms with E-state index in [2.05, 4.69) is 36.9 Å². The number of carbonyl (C=O) groups excluding carboxylic acids is 1. The first-order valence-corrected chi connectivity index (χ1v) is 4.73. The molecule has 0 spiro atoms. The van der Waals surface area contributed by atoms with Gasteiger partial charge >= 0.3 is 0 Å². The van der Waals surface area contributed by atoms with Gasteiger partial charge in [0.05, 0.1) is 24.1 Å². The van der Waals surface area contributed by atoms with Gasteiger partial charge in [0.25, 0.3) is 5.91 Å². The molecule has 2 aromatic heterocycles. The first kappa shape index (κ1) is 8.96. The highest BCUT2D eigenvalue weighted by Crippen LogP contribution is 2.20. The minimum Gasteiger partial charge on any atom is -0.340 e. The van der Waals surface area contributed by atoms with Gasteiger partial charge in [-0.2, -0.15) is 15.3 Å². The molecule has 2 N–H and O–H groups in total. The van der Waals surface area contributed by atoms with E-state index in [0.717, 1.165) is 5.52 Å². The Morgan fingerprint density at radius 2 is 2.25 bits per heavy atom. The van der Waals surface area contributed by atoms with Gasteiger partial charge in [-0.05, 0) is 0 Å². The number of imidazole rings is 1. The Balaban J connectivity index is 2.05. The molecule has 0 bridgehead atoms. The molecule has 0 saturated carbocycles. The van der Waals surface area contributed by atoms with Crippen LogP contribution in [0.5, 0.6) is 0 Å². The predicted molar refractivity (Wildman–Crippen MR) is 54.6 cm³/mol. The number of aromatic amines is 1. The van der Waals surface area contributed by atoms with Crippen LogP contribution in [-0.4, -0.2) is 32.3 Å². The Bertz CT molecular complexity index is 541. The van der Waals surface area contributed by atoms with Crippen LogP contribution in [0.15, 0.2) is 17.5 Å². The van der Waals surface area contributed by atoms with E-state index in [-0.39, 0.29) is 11.8 Å². The van der Waals surface area contributed by atoms with Crippen LogP contribution in [0, 0.1) is 0 Å². The molecule has 3 rings (SSSR count). The minimum atomic E-state index is -0.370. The summed E-state index contributed by atoms with van der Waals surface area (Å²) in [5, 5.41) is 11.0. The number of nitrogens with one attached hydrogen (secondary N) is 2. The minimum absolute atomic E-state index is 0.182. The Morgan fingerprint density at radius 3 is 3.06 bits per heavy atom. The van der Waals surface area contributed by atoms with Gasteiger partial charge in [0.15, 0.2) is 0 Å². The van der Waals surface area contributed by atoms with Crippen molar-refractivity contribution in [3.8, 4) is 0 Å². The number of hydrogen-bond donors (Lipinski definition) is 2. The zero-order valence-corrected chi connectivity index (χ0v) is 8.14. The Kier molecular flexibility index (Phi) is 1.89. The number of rotatable bonds is 1. The molecule has 7 heteroatoms. The second kappa shape index (κ2) is 3.37. The van der Waals surface area contributed by atoms with Gasteiger partial charge in [0.1, 0.15) is 17.3 Å². The van der Waals surface area contributed by atoms with Crippen molar-refractivity contribution in [2.75, 3.05) is 0 Å². The summed E-state index contributed by atoms with van der Waals surface area (Å²) >= 11 is 0. The van der Waals surface area contributed by atoms with Crippen LogP contribution >= 0.6 is 0 Å². The van der Waals surface area contributed by atoms with E-state index in [1.165, 1.54) is 0 Å². The lowest BCUT2D eigenvalue weighted by atomic mass is 10.0. The van der Waals surface area contributed by atoms with E-state index in [1.54, 1.807) is 12.4 Å². The van der Waals surface area contributed by atoms with Crippen LogP contribution in [0.1, 0.15) is 18.2 Å². The summed E-state index contributed by atoms with van der Waals surface area (Å²) < 4.78 is 0. The molecule has 0 saturated heterocycles. The fraction of sp³-hybridized carbons (Fsp3) is 0.222. The van der Waals surface area contributed by atoms with Crippen LogP contribution in [0.4, 0.5) is 0 Å². The fourth-order valence-electron chi connectivity index (χ4n) is 1.58. The lowest BCUT2D eigenvalue weighted by Crippen LogP contribution is -2.30. The van der Waals surface area contributed by atoms with Crippen LogP contribution in [0.3, 0.4) is 0 Å². The summed E-state index contributed by atoms with van der Waals surface area (Å²) in [5.41, 5.74) is 3.82. The number of amides is 1. The van der Waals surface area contributed by atoms with Crippen molar-refractivity contribution < 1.29 is 4.79 Å². The zero-order chi connectivity index (χ0) is 11.0. The largest absolute Gasteiger partial charge is 0.340 e. The molecule has 1 aliphatic heterocycles. The van der Waals surface area contributed by atoms with Crippen molar-refractivity contribution in [1.29, 1.82) is 0 Å². The first-order valence-electron chi connectivity index (χ1n) is 4.73. The maximum Gasteiger partial charge on any atom is 0.251 e. The molecular weight excluding hydrogens is 208 g/mol. The average Bonchev–Trinajstić information content (AvgIpc) is 2.73. The molecule has 1 radical (unpaired) electrons. The maximum atomic E-state index is 11.5. The van der Waals surface area contributed by atoms with E-state index in [0.29, 0.717) is 17.8 Å². The summed E-state index contributed by atoms with van der Waals surface area (Å²) in [5.74, 6) is 0.0355. The van der Waals surface area contributed by atoms with Crippen molar-refractivity contribution >= 4 is 23.2 Å². The lowest BCUT2D eigenvalue weighted by Gasteiger charge is -2.13. The van der Waals surface area contributed by atoms with Crippen molar-refractivity contribution in [2.45, 2.75) is 12.3 Å². The maximum absolute atomic E-state index is 11.5. The second-order valence-corrected chi connectivity index (χ2v) is 3.41. The highest BCUT2D eigenvalue weighted by molar-refractivity contribution is 5.89. The molecule has 1 amide bonds. The number of aromatic nitrogens is 4. The van der Waals surface area contributed by atoms with Gasteiger partial charge in [-0.15, -0.1) is 0 Å². The topological polar surface area (TPSA) is 95.9 Å². The van der Waals surface area contributed by atoms with Crippen LogP contribution in [-0.2, 0) is 4.79 Å². The van der Waals surface area contributed by atoms with E-state index in [9.17, 15) is 4.79 Å². The highest BCUT2D eigenvalue weighted by atomic mass is 16.2. The second-order valence-electron chi connectivity index (χ2n) is 3.41. The van der Waals surface area contributed by atoms with Gasteiger partial charge < -0.3 is 4.98 Å². The van der Waals surface area contributed by atoms with Crippen LogP contribution < -0.4 is 5.43 Å². The van der Waals surface area contributed by atoms with Crippen molar-refractivity contribution in [1.82, 2.24) is 25.6 Å². The van der Waals surface area contributed by atoms with E-state index in [4.69, 9.17) is 0 Å². The number of H-pyrrole nitrogens is 1. The molecule has 3 heterocycles. The van der Waals surface area contributed by atoms with Crippen molar-refractivity contribution in [3.05, 3.63) is 18.2 Å². The standard InChI is InChI=1S/C9H7N6O/c16-9-5(1-2-10-15-9)8-13-6-3-11-12-4-7(6)14-8/h3-5H,1H2,(H,13,14)(H,15,16). The van der Waals surface area contributed by atoms with Gasteiger partial charge in [-0.25, -0.2) is 10.4 Å². The number of nitrogens with zero attached hydrogens (tertiary/aromatic N) is 4. The summed E-state index contributed by atoms with van der Waals surface area (Å²) in [7, 11) is 0. The van der Waals surface area contributed by atoms with Gasteiger partial charge in [0, 0.05) is 6.42 Å². The summed E-state index contributed by atoms with van der Waals surface area (Å²) in [6.45, 7) is 0. The van der Waals surface area contributed by atoms with E-state index >= 15 is 0 Å². The molecule has 7 nitrogen and oxygen atoms in total. The molecule has 79 valence electrons. The molecule has 1 unspecified atom stereocenters. The molecule has 0 aromatic carbocycles. The van der Waals surface area contributed by atoms with Crippen LogP contribution in [0.2, 0.25) is 0 Å². The number of fused-ring (bicyclic) bond motifs is 1. The first-order chi connectivity index (χ1) is 7.84. The fourth-order valence-corrected chi connectivity index (χ4v) is 1.58. The van der Waals surface area contributed by atoms with Crippen molar-refractivity contribution in [2.24, 2.45) is 5.10 Å². The number of hydrazone groups is 1. The summed E-state index contributed by atoms with van der Waals surface area (Å²) in [6.07, 6.45) is 6.26. The summed E-state index contributed by atoms with van der Waals surface area (Å²) in [6, 6.07) is 0. The van der Waals surface area contributed by atoms with Crippen LogP contribution in [0.25, 0.3) is 11.0 Å². The normalized spacial score (nSPS) is 20.0. The molecule has 1 atom stereocenters. The third kappa shape index (κ3) is 1.33. The molecule has 0 aliphatic carbocycles. The molecular formula is C9H7N6O. The molecule has 2 aromatic rings. The van der Waals surface area contributed by atoms with Gasteiger partial charge in [-0.3, -0.25) is 4.79 Å².